The van der Waals surface area contributed by atoms with E-state index < -0.39 is 11.9 Å². The molecule has 2 unspecified atom stereocenters. The highest BCUT2D eigenvalue weighted by Gasteiger charge is 2.36. The summed E-state index contributed by atoms with van der Waals surface area (Å²) in [6, 6.07) is 8.27. The second-order valence-electron chi connectivity index (χ2n) is 4.95. The zero-order valence-electron chi connectivity index (χ0n) is 10.8. The van der Waals surface area contributed by atoms with Crippen LogP contribution in [0.5, 0.6) is 0 Å². The van der Waals surface area contributed by atoms with Gasteiger partial charge in [0.05, 0.1) is 19.1 Å². The van der Waals surface area contributed by atoms with Crippen LogP contribution in [0.15, 0.2) is 24.3 Å². The maximum Gasteiger partial charge on any atom is 0.310 e. The Bertz CT molecular complexity index is 416. The highest BCUT2D eigenvalue weighted by Crippen LogP contribution is 2.20. The van der Waals surface area contributed by atoms with Gasteiger partial charge < -0.3 is 9.84 Å². The molecule has 0 aliphatic carbocycles. The lowest BCUT2D eigenvalue weighted by molar-refractivity contribution is -0.143. The van der Waals surface area contributed by atoms with Gasteiger partial charge in [-0.25, -0.2) is 0 Å². The lowest BCUT2D eigenvalue weighted by atomic mass is 10.0. The highest BCUT2D eigenvalue weighted by molar-refractivity contribution is 5.71. The first-order valence-corrected chi connectivity index (χ1v) is 6.14. The maximum atomic E-state index is 11.1. The van der Waals surface area contributed by atoms with Gasteiger partial charge in [0.1, 0.15) is 0 Å². The Kier molecular flexibility index (Phi) is 3.99. The van der Waals surface area contributed by atoms with Crippen molar-refractivity contribution in [2.24, 2.45) is 5.92 Å². The first kappa shape index (κ1) is 13.1. The highest BCUT2D eigenvalue weighted by atomic mass is 16.5. The van der Waals surface area contributed by atoms with Crippen LogP contribution >= 0.6 is 0 Å². The van der Waals surface area contributed by atoms with E-state index in [1.165, 1.54) is 11.1 Å². The predicted molar refractivity (Wildman–Crippen MR) is 68.4 cm³/mol. The van der Waals surface area contributed by atoms with Crippen LogP contribution in [-0.2, 0) is 16.1 Å². The summed E-state index contributed by atoms with van der Waals surface area (Å²) >= 11 is 0. The first-order valence-electron chi connectivity index (χ1n) is 6.14. The Balaban J connectivity index is 2.01. The Morgan fingerprint density at radius 3 is 2.67 bits per heavy atom. The molecule has 4 heteroatoms. The van der Waals surface area contributed by atoms with E-state index >= 15 is 0 Å². The van der Waals surface area contributed by atoms with Crippen LogP contribution in [0.3, 0.4) is 0 Å². The number of hydrogen-bond donors (Lipinski definition) is 1. The number of carbonyl (C=O) groups is 1. The quantitative estimate of drug-likeness (QED) is 0.879. The molecule has 1 aromatic rings. The molecule has 1 aromatic carbocycles. The van der Waals surface area contributed by atoms with Gasteiger partial charge in [-0.3, -0.25) is 9.69 Å². The van der Waals surface area contributed by atoms with E-state index in [-0.39, 0.29) is 6.04 Å². The fourth-order valence-corrected chi connectivity index (χ4v) is 2.31. The third-order valence-electron chi connectivity index (χ3n) is 3.49. The summed E-state index contributed by atoms with van der Waals surface area (Å²) in [5, 5.41) is 9.13. The van der Waals surface area contributed by atoms with E-state index in [0.29, 0.717) is 13.2 Å². The number of hydrogen-bond acceptors (Lipinski definition) is 3. The topological polar surface area (TPSA) is 49.8 Å². The van der Waals surface area contributed by atoms with E-state index in [1.54, 1.807) is 0 Å². The summed E-state index contributed by atoms with van der Waals surface area (Å²) < 4.78 is 5.29. The third-order valence-corrected chi connectivity index (χ3v) is 3.49. The van der Waals surface area contributed by atoms with Crippen molar-refractivity contribution in [2.45, 2.75) is 19.5 Å². The SMILES string of the molecule is Cc1ccc(CN(C)C2COCC2C(=O)O)cc1. The van der Waals surface area contributed by atoms with Gasteiger partial charge in [-0.1, -0.05) is 29.8 Å². The molecule has 0 spiro atoms. The monoisotopic (exact) mass is 249 g/mol. The molecule has 1 fully saturated rings. The Hall–Kier alpha value is -1.39. The number of ether oxygens (including phenoxy) is 1. The molecule has 2 atom stereocenters. The molecule has 1 saturated heterocycles. The van der Waals surface area contributed by atoms with E-state index in [4.69, 9.17) is 9.84 Å². The summed E-state index contributed by atoms with van der Waals surface area (Å²) in [6.45, 7) is 3.62. The van der Waals surface area contributed by atoms with E-state index in [1.807, 2.05) is 7.05 Å². The van der Waals surface area contributed by atoms with Gasteiger partial charge in [-0.15, -0.1) is 0 Å². The van der Waals surface area contributed by atoms with E-state index in [9.17, 15) is 4.79 Å². The van der Waals surface area contributed by atoms with Crippen molar-refractivity contribution in [2.75, 3.05) is 20.3 Å². The Morgan fingerprint density at radius 1 is 1.39 bits per heavy atom. The second-order valence-corrected chi connectivity index (χ2v) is 4.95. The van der Waals surface area contributed by atoms with Gasteiger partial charge in [0.15, 0.2) is 0 Å². The fourth-order valence-electron chi connectivity index (χ4n) is 2.31. The minimum Gasteiger partial charge on any atom is -0.481 e. The minimum absolute atomic E-state index is 0.0381. The van der Waals surface area contributed by atoms with Crippen molar-refractivity contribution in [3.8, 4) is 0 Å². The maximum absolute atomic E-state index is 11.1. The molecule has 0 aromatic heterocycles. The number of nitrogens with zero attached hydrogens (tertiary/aromatic N) is 1. The third kappa shape index (κ3) is 2.89. The van der Waals surface area contributed by atoms with Crippen molar-refractivity contribution in [1.29, 1.82) is 0 Å². The summed E-state index contributed by atoms with van der Waals surface area (Å²) in [4.78, 5) is 13.2. The van der Waals surface area contributed by atoms with E-state index in [2.05, 4.69) is 36.1 Å². The number of rotatable bonds is 4. The Labute approximate surface area is 107 Å². The average Bonchev–Trinajstić information content (AvgIpc) is 2.81. The van der Waals surface area contributed by atoms with Crippen LogP contribution in [0, 0.1) is 12.8 Å². The molecule has 0 bridgehead atoms. The molecule has 0 saturated carbocycles. The van der Waals surface area contributed by atoms with Gasteiger partial charge in [-0.2, -0.15) is 0 Å². The number of aryl methyl sites for hydroxylation is 1. The van der Waals surface area contributed by atoms with Crippen molar-refractivity contribution >= 4 is 5.97 Å². The van der Waals surface area contributed by atoms with Crippen LogP contribution < -0.4 is 0 Å². The standard InChI is InChI=1S/C14H19NO3/c1-10-3-5-11(6-4-10)7-15(2)13-9-18-8-12(13)14(16)17/h3-6,12-13H,7-9H2,1-2H3,(H,16,17). The second kappa shape index (κ2) is 5.50. The zero-order chi connectivity index (χ0) is 13.1. The summed E-state index contributed by atoms with van der Waals surface area (Å²) in [6.07, 6.45) is 0. The van der Waals surface area contributed by atoms with Crippen molar-refractivity contribution < 1.29 is 14.6 Å². The van der Waals surface area contributed by atoms with Gasteiger partial charge in [-0.05, 0) is 19.5 Å². The molecule has 18 heavy (non-hydrogen) atoms. The van der Waals surface area contributed by atoms with Gasteiger partial charge in [0.2, 0.25) is 0 Å². The van der Waals surface area contributed by atoms with Crippen LogP contribution in [0.25, 0.3) is 0 Å². The molecule has 1 aliphatic heterocycles. The molecule has 1 heterocycles. The molecule has 0 amide bonds. The number of carboxylic acids is 1. The average molecular weight is 249 g/mol. The summed E-state index contributed by atoms with van der Waals surface area (Å²) in [7, 11) is 1.95. The lowest BCUT2D eigenvalue weighted by Gasteiger charge is -2.26. The van der Waals surface area contributed by atoms with Crippen molar-refractivity contribution in [3.63, 3.8) is 0 Å². The molecule has 0 radical (unpaired) electrons. The van der Waals surface area contributed by atoms with Gasteiger partial charge in [0.25, 0.3) is 0 Å². The lowest BCUT2D eigenvalue weighted by Crippen LogP contribution is -2.40. The molecular weight excluding hydrogens is 230 g/mol. The summed E-state index contributed by atoms with van der Waals surface area (Å²) in [5.74, 6) is -1.19. The van der Waals surface area contributed by atoms with Gasteiger partial charge >= 0.3 is 5.97 Å². The molecule has 1 N–H and O–H groups in total. The molecule has 1 aliphatic rings. The van der Waals surface area contributed by atoms with Crippen LogP contribution in [0.1, 0.15) is 11.1 Å². The predicted octanol–water partition coefficient (Wildman–Crippen LogP) is 1.53. The van der Waals surface area contributed by atoms with Crippen molar-refractivity contribution in [3.05, 3.63) is 35.4 Å². The minimum atomic E-state index is -0.770. The van der Waals surface area contributed by atoms with E-state index in [0.717, 1.165) is 6.54 Å². The molecule has 4 nitrogen and oxygen atoms in total. The first-order chi connectivity index (χ1) is 8.58. The van der Waals surface area contributed by atoms with Crippen LogP contribution in [-0.4, -0.2) is 42.3 Å². The zero-order valence-corrected chi connectivity index (χ0v) is 10.8. The number of benzene rings is 1. The Morgan fingerprint density at radius 2 is 2.06 bits per heavy atom. The normalized spacial score (nSPS) is 23.5. The number of likely N-dealkylation sites (N-methyl/N-ethyl adjacent to an activating group) is 1. The molecule has 2 rings (SSSR count). The fraction of sp³-hybridized carbons (Fsp3) is 0.500. The number of carboxylic acid groups (broad SMARTS) is 1. The van der Waals surface area contributed by atoms with Crippen LogP contribution in [0.2, 0.25) is 0 Å². The number of aliphatic carboxylic acids is 1. The van der Waals surface area contributed by atoms with Crippen molar-refractivity contribution in [1.82, 2.24) is 4.90 Å². The summed E-state index contributed by atoms with van der Waals surface area (Å²) in [5.41, 5.74) is 2.42. The van der Waals surface area contributed by atoms with Gasteiger partial charge in [0, 0.05) is 12.6 Å². The largest absolute Gasteiger partial charge is 0.481 e. The molecule has 98 valence electrons. The smallest absolute Gasteiger partial charge is 0.310 e. The molecular formula is C14H19NO3. The van der Waals surface area contributed by atoms with Crippen LogP contribution in [0.4, 0.5) is 0 Å².